The number of carbonyl (C=O) groups is 1. The summed E-state index contributed by atoms with van der Waals surface area (Å²) >= 11 is 0. The molecule has 0 unspecified atom stereocenters. The van der Waals surface area contributed by atoms with Gasteiger partial charge in [-0.1, -0.05) is 55.8 Å². The number of hydrogen-bond donors (Lipinski definition) is 1. The summed E-state index contributed by atoms with van der Waals surface area (Å²) in [4.78, 5) is 28.2. The first-order valence-corrected chi connectivity index (χ1v) is 15.1. The number of anilines is 1. The molecule has 234 valence electrons. The highest BCUT2D eigenvalue weighted by Crippen LogP contribution is 3.02. The van der Waals surface area contributed by atoms with Crippen molar-refractivity contribution in [3.05, 3.63) is 100.0 Å². The summed E-state index contributed by atoms with van der Waals surface area (Å²) < 4.78 is 102. The monoisotopic (exact) mass is 641 g/mol. The summed E-state index contributed by atoms with van der Waals surface area (Å²) in [6.45, 7) is 4.07. The molecule has 0 atom stereocenters. The average Bonchev–Trinajstić information content (AvgIpc) is 3.13. The fraction of sp³-hybridized carbons (Fsp3) is 0.233. The number of alkyl halides is 2. The van der Waals surface area contributed by atoms with Crippen molar-refractivity contribution in [1.29, 1.82) is 0 Å². The Balaban J connectivity index is 1.48. The first-order chi connectivity index (χ1) is 20.1. The van der Waals surface area contributed by atoms with Crippen LogP contribution in [0.4, 0.5) is 33.9 Å². The van der Waals surface area contributed by atoms with Crippen LogP contribution in [0.3, 0.4) is 0 Å². The Hall–Kier alpha value is -4.33. The number of nitrogens with zero attached hydrogens (tertiary/aromatic N) is 2. The number of fused-ring (bicyclic) bond motifs is 3. The molecular formula is C30H26F7N3O3S. The summed E-state index contributed by atoms with van der Waals surface area (Å²) in [5.41, 5.74) is -0.986. The van der Waals surface area contributed by atoms with Crippen molar-refractivity contribution in [1.82, 2.24) is 9.55 Å². The molecule has 0 radical (unpaired) electrons. The van der Waals surface area contributed by atoms with E-state index in [9.17, 15) is 37.8 Å². The zero-order chi connectivity index (χ0) is 32.4. The minimum Gasteiger partial charge on any atom is -0.459 e. The van der Waals surface area contributed by atoms with Gasteiger partial charge in [0.2, 0.25) is 0 Å². The van der Waals surface area contributed by atoms with Gasteiger partial charge in [0.05, 0.1) is 6.20 Å². The number of esters is 1. The van der Waals surface area contributed by atoms with Gasteiger partial charge in [0.25, 0.3) is 11.5 Å². The number of carbonyl (C=O) groups excluding carboxylic acids is 1. The van der Waals surface area contributed by atoms with Gasteiger partial charge < -0.3 is 10.1 Å². The quantitative estimate of drug-likeness (QED) is 0.162. The highest BCUT2D eigenvalue weighted by molar-refractivity contribution is 8.45. The zero-order valence-electron chi connectivity index (χ0n) is 23.5. The molecule has 44 heavy (non-hydrogen) atoms. The van der Waals surface area contributed by atoms with Crippen LogP contribution in [-0.4, -0.2) is 21.1 Å². The molecule has 14 heteroatoms. The fourth-order valence-corrected chi connectivity index (χ4v) is 5.54. The summed E-state index contributed by atoms with van der Waals surface area (Å²) in [5, 5.41) is 2.87. The van der Waals surface area contributed by atoms with E-state index in [4.69, 9.17) is 4.74 Å². The summed E-state index contributed by atoms with van der Waals surface area (Å²) in [5.74, 6) is -4.29. The third-order valence-electron chi connectivity index (χ3n) is 6.77. The van der Waals surface area contributed by atoms with Crippen LogP contribution in [0.1, 0.15) is 37.5 Å². The number of halogens is 7. The molecule has 0 aliphatic heterocycles. The maximum absolute atomic E-state index is 14.9. The number of ether oxygens (including phenoxy) is 1. The van der Waals surface area contributed by atoms with E-state index in [0.29, 0.717) is 16.7 Å². The highest BCUT2D eigenvalue weighted by Gasteiger charge is 2.65. The van der Waals surface area contributed by atoms with Crippen LogP contribution in [0.2, 0.25) is 0 Å². The lowest BCUT2D eigenvalue weighted by atomic mass is 10.0. The van der Waals surface area contributed by atoms with Gasteiger partial charge >= 0.3 is 16.2 Å². The Labute approximate surface area is 247 Å². The average molecular weight is 642 g/mol. The molecule has 0 bridgehead atoms. The molecule has 4 aromatic rings. The van der Waals surface area contributed by atoms with E-state index in [2.05, 4.69) is 10.3 Å². The first-order valence-electron chi connectivity index (χ1n) is 13.2. The third kappa shape index (κ3) is 6.16. The Morgan fingerprint density at radius 1 is 0.932 bits per heavy atom. The number of rotatable bonds is 7. The number of benzene rings is 3. The van der Waals surface area contributed by atoms with Gasteiger partial charge in [-0.2, -0.15) is 8.78 Å². The molecule has 1 aromatic heterocycles. The molecular weight excluding hydrogens is 615 g/mol. The molecule has 1 aliphatic rings. The maximum Gasteiger partial charge on any atom is 0.326 e. The summed E-state index contributed by atoms with van der Waals surface area (Å²) in [7, 11) is -9.95. The predicted molar refractivity (Wildman–Crippen MR) is 153 cm³/mol. The Bertz CT molecular complexity index is 1850. The van der Waals surface area contributed by atoms with Gasteiger partial charge in [-0.05, 0) is 67.8 Å². The topological polar surface area (TPSA) is 73.2 Å². The van der Waals surface area contributed by atoms with Crippen LogP contribution in [0, 0.1) is 0 Å². The van der Waals surface area contributed by atoms with Crippen molar-refractivity contribution in [3.63, 3.8) is 0 Å². The van der Waals surface area contributed by atoms with Crippen LogP contribution in [-0.2, 0) is 28.5 Å². The molecule has 6 nitrogen and oxygen atoms in total. The first kappa shape index (κ1) is 31.1. The maximum atomic E-state index is 14.9. The molecule has 3 aromatic carbocycles. The van der Waals surface area contributed by atoms with E-state index in [-0.39, 0.29) is 46.9 Å². The van der Waals surface area contributed by atoms with E-state index in [0.717, 1.165) is 22.9 Å². The zero-order valence-corrected chi connectivity index (χ0v) is 24.3. The van der Waals surface area contributed by atoms with Crippen molar-refractivity contribution in [3.8, 4) is 22.5 Å². The van der Waals surface area contributed by atoms with Crippen molar-refractivity contribution in [2.45, 2.75) is 50.3 Å². The largest absolute Gasteiger partial charge is 0.459 e. The normalized spacial score (nSPS) is 15.5. The third-order valence-corrected chi connectivity index (χ3v) is 7.94. The van der Waals surface area contributed by atoms with Gasteiger partial charge in [0, 0.05) is 23.2 Å². The Morgan fingerprint density at radius 2 is 1.57 bits per heavy atom. The van der Waals surface area contributed by atoms with Crippen LogP contribution in [0.15, 0.2) is 82.6 Å². The number of nitrogens with one attached hydrogen (secondary N) is 1. The number of hydrogen-bond acceptors (Lipinski definition) is 5. The van der Waals surface area contributed by atoms with Gasteiger partial charge in [-0.15, -0.1) is 0 Å². The minimum atomic E-state index is -9.95. The summed E-state index contributed by atoms with van der Waals surface area (Å²) in [6.07, 6.45) is 1.08. The van der Waals surface area contributed by atoms with E-state index in [1.807, 2.05) is 0 Å². The SMILES string of the molecule is CC(C)(C)OC(=O)Cn1c(-c2ccc(S(F)(F)(F)(F)F)cc2)ncc(NCc2ccc3c(c2)-c2ccccc2C3(F)F)c1=O. The lowest BCUT2D eigenvalue weighted by Crippen LogP contribution is -2.32. The van der Waals surface area contributed by atoms with Crippen LogP contribution in [0.5, 0.6) is 0 Å². The lowest BCUT2D eigenvalue weighted by molar-refractivity contribution is -0.155. The highest BCUT2D eigenvalue weighted by atomic mass is 32.5. The van der Waals surface area contributed by atoms with E-state index >= 15 is 0 Å². The van der Waals surface area contributed by atoms with Crippen molar-refractivity contribution in [2.75, 3.05) is 5.32 Å². The second kappa shape index (κ2) is 9.58. The molecule has 1 aliphatic carbocycles. The van der Waals surface area contributed by atoms with Crippen LogP contribution < -0.4 is 10.9 Å². The second-order valence-electron chi connectivity index (χ2n) is 11.3. The molecule has 5 rings (SSSR count). The molecule has 0 spiro atoms. The van der Waals surface area contributed by atoms with Crippen LogP contribution in [0.25, 0.3) is 22.5 Å². The molecule has 1 heterocycles. The lowest BCUT2D eigenvalue weighted by Gasteiger charge is -2.40. The predicted octanol–water partition coefficient (Wildman–Crippen LogP) is 8.64. The fourth-order valence-electron chi connectivity index (χ4n) is 4.89. The molecule has 0 fully saturated rings. The molecule has 1 N–H and O–H groups in total. The standard InChI is InChI=1S/C30H26F7N3O3S/c1-29(2,3)43-26(41)17-40-27(19-9-11-20(12-10-19)44(33,34,35,36)37)39-16-25(28(40)42)38-15-18-8-13-24-22(14-18)21-6-4-5-7-23(21)30(24,31)32/h4-14,16,38H,15,17H2,1-3H3. The molecule has 0 saturated heterocycles. The van der Waals surface area contributed by atoms with Crippen molar-refractivity contribution in [2.24, 2.45) is 0 Å². The van der Waals surface area contributed by atoms with Gasteiger partial charge in [0.1, 0.15) is 28.6 Å². The Morgan fingerprint density at radius 3 is 2.20 bits per heavy atom. The van der Waals surface area contributed by atoms with Gasteiger partial charge in [0.15, 0.2) is 0 Å². The van der Waals surface area contributed by atoms with Gasteiger partial charge in [-0.3, -0.25) is 14.2 Å². The van der Waals surface area contributed by atoms with E-state index in [1.54, 1.807) is 39.0 Å². The molecule has 0 amide bonds. The Kier molecular flexibility index (Phi) is 6.78. The summed E-state index contributed by atoms with van der Waals surface area (Å²) in [6, 6.07) is 12.3. The van der Waals surface area contributed by atoms with E-state index < -0.39 is 44.7 Å². The van der Waals surface area contributed by atoms with Crippen LogP contribution >= 0.6 is 10.2 Å². The van der Waals surface area contributed by atoms with Crippen molar-refractivity contribution < 1.29 is 37.7 Å². The van der Waals surface area contributed by atoms with Gasteiger partial charge in [-0.25, -0.2) is 4.98 Å². The minimum absolute atomic E-state index is 0.0116. The smallest absolute Gasteiger partial charge is 0.326 e. The van der Waals surface area contributed by atoms with Crippen molar-refractivity contribution >= 4 is 21.9 Å². The molecule has 0 saturated carbocycles. The number of aromatic nitrogens is 2. The second-order valence-corrected chi connectivity index (χ2v) is 13.7. The van der Waals surface area contributed by atoms with E-state index in [1.165, 1.54) is 24.3 Å².